The third kappa shape index (κ3) is 3.06. The number of nitrogens with one attached hydrogen (secondary N) is 1. The SMILES string of the molecule is Cc1ccc(OCc2ccc(C(=O)NN)s2)cn1. The first-order valence-corrected chi connectivity index (χ1v) is 6.16. The number of rotatable bonds is 4. The van der Waals surface area contributed by atoms with E-state index in [9.17, 15) is 4.79 Å². The summed E-state index contributed by atoms with van der Waals surface area (Å²) in [6, 6.07) is 7.32. The summed E-state index contributed by atoms with van der Waals surface area (Å²) in [5.74, 6) is 5.48. The summed E-state index contributed by atoms with van der Waals surface area (Å²) in [4.78, 5) is 16.9. The van der Waals surface area contributed by atoms with Gasteiger partial charge >= 0.3 is 0 Å². The van der Waals surface area contributed by atoms with Gasteiger partial charge in [-0.3, -0.25) is 15.2 Å². The van der Waals surface area contributed by atoms with Crippen LogP contribution >= 0.6 is 11.3 Å². The van der Waals surface area contributed by atoms with Gasteiger partial charge in [-0.25, -0.2) is 5.84 Å². The second kappa shape index (κ2) is 5.61. The summed E-state index contributed by atoms with van der Waals surface area (Å²) in [5.41, 5.74) is 3.04. The number of thiophene rings is 1. The van der Waals surface area contributed by atoms with Crippen LogP contribution in [0.15, 0.2) is 30.5 Å². The second-order valence-electron chi connectivity index (χ2n) is 3.66. The van der Waals surface area contributed by atoms with Gasteiger partial charge in [0.25, 0.3) is 5.91 Å². The highest BCUT2D eigenvalue weighted by Crippen LogP contribution is 2.19. The van der Waals surface area contributed by atoms with Crippen molar-refractivity contribution in [1.29, 1.82) is 0 Å². The predicted molar refractivity (Wildman–Crippen MR) is 69.3 cm³/mol. The van der Waals surface area contributed by atoms with Crippen LogP contribution in [0.25, 0.3) is 0 Å². The molecule has 0 aliphatic carbocycles. The molecule has 0 bridgehead atoms. The minimum atomic E-state index is -0.289. The summed E-state index contributed by atoms with van der Waals surface area (Å²) in [7, 11) is 0. The Kier molecular flexibility index (Phi) is 3.91. The Hall–Kier alpha value is -1.92. The van der Waals surface area contributed by atoms with Crippen LogP contribution in [0.2, 0.25) is 0 Å². The van der Waals surface area contributed by atoms with E-state index in [4.69, 9.17) is 10.6 Å². The average molecular weight is 263 g/mol. The number of nitrogens with two attached hydrogens (primary N) is 1. The van der Waals surface area contributed by atoms with Gasteiger partial charge in [0.05, 0.1) is 11.1 Å². The first-order valence-electron chi connectivity index (χ1n) is 5.34. The molecule has 0 radical (unpaired) electrons. The number of hydrazine groups is 1. The molecule has 2 rings (SSSR count). The molecule has 0 aliphatic heterocycles. The molecule has 0 atom stereocenters. The van der Waals surface area contributed by atoms with Crippen molar-refractivity contribution >= 4 is 17.2 Å². The minimum absolute atomic E-state index is 0.289. The lowest BCUT2D eigenvalue weighted by molar-refractivity contribution is 0.0957. The molecule has 18 heavy (non-hydrogen) atoms. The number of aryl methyl sites for hydroxylation is 1. The fraction of sp³-hybridized carbons (Fsp3) is 0.167. The zero-order valence-electron chi connectivity index (χ0n) is 9.84. The molecular weight excluding hydrogens is 250 g/mol. The van der Waals surface area contributed by atoms with Gasteiger partial charge in [0.1, 0.15) is 12.4 Å². The Morgan fingerprint density at radius 1 is 1.44 bits per heavy atom. The summed E-state index contributed by atoms with van der Waals surface area (Å²) in [6.45, 7) is 2.33. The Labute approximate surface area is 109 Å². The van der Waals surface area contributed by atoms with Crippen LogP contribution < -0.4 is 16.0 Å². The van der Waals surface area contributed by atoms with Crippen LogP contribution in [-0.2, 0) is 6.61 Å². The lowest BCUT2D eigenvalue weighted by Gasteiger charge is -2.03. The van der Waals surface area contributed by atoms with Crippen molar-refractivity contribution in [3.63, 3.8) is 0 Å². The first-order chi connectivity index (χ1) is 8.69. The molecule has 0 unspecified atom stereocenters. The van der Waals surface area contributed by atoms with E-state index in [0.29, 0.717) is 17.2 Å². The number of ether oxygens (including phenoxy) is 1. The van der Waals surface area contributed by atoms with E-state index in [0.717, 1.165) is 10.6 Å². The summed E-state index contributed by atoms with van der Waals surface area (Å²) in [5, 5.41) is 0. The number of nitrogen functional groups attached to an aromatic ring is 1. The standard InChI is InChI=1S/C12H13N3O2S/c1-8-2-3-9(6-14-8)17-7-10-4-5-11(18-10)12(16)15-13/h2-6H,7,13H2,1H3,(H,15,16). The molecule has 6 heteroatoms. The van der Waals surface area contributed by atoms with Crippen LogP contribution in [0.5, 0.6) is 5.75 Å². The van der Waals surface area contributed by atoms with Crippen molar-refractivity contribution in [2.24, 2.45) is 5.84 Å². The maximum absolute atomic E-state index is 11.3. The minimum Gasteiger partial charge on any atom is -0.486 e. The molecule has 0 aliphatic rings. The van der Waals surface area contributed by atoms with Crippen LogP contribution in [0, 0.1) is 6.92 Å². The molecule has 0 saturated carbocycles. The highest BCUT2D eigenvalue weighted by Gasteiger charge is 2.07. The molecule has 2 aromatic rings. The molecule has 0 aromatic carbocycles. The van der Waals surface area contributed by atoms with Crippen molar-refractivity contribution < 1.29 is 9.53 Å². The number of aromatic nitrogens is 1. The van der Waals surface area contributed by atoms with Gasteiger partial charge < -0.3 is 4.74 Å². The molecule has 5 nitrogen and oxygen atoms in total. The quantitative estimate of drug-likeness (QED) is 0.499. The Morgan fingerprint density at radius 3 is 2.94 bits per heavy atom. The number of carbonyl (C=O) groups is 1. The van der Waals surface area contributed by atoms with Gasteiger partial charge in [-0.2, -0.15) is 0 Å². The first kappa shape index (κ1) is 12.5. The monoisotopic (exact) mass is 263 g/mol. The van der Waals surface area contributed by atoms with Crippen LogP contribution in [0.3, 0.4) is 0 Å². The largest absolute Gasteiger partial charge is 0.486 e. The van der Waals surface area contributed by atoms with E-state index in [1.54, 1.807) is 12.3 Å². The maximum atomic E-state index is 11.3. The second-order valence-corrected chi connectivity index (χ2v) is 4.83. The molecule has 1 amide bonds. The zero-order valence-corrected chi connectivity index (χ0v) is 10.7. The topological polar surface area (TPSA) is 77.2 Å². The van der Waals surface area contributed by atoms with E-state index in [1.165, 1.54) is 11.3 Å². The molecule has 3 N–H and O–H groups in total. The highest BCUT2D eigenvalue weighted by molar-refractivity contribution is 7.14. The maximum Gasteiger partial charge on any atom is 0.275 e. The van der Waals surface area contributed by atoms with Gasteiger partial charge in [0.2, 0.25) is 0 Å². The smallest absolute Gasteiger partial charge is 0.275 e. The number of pyridine rings is 1. The van der Waals surface area contributed by atoms with Crippen molar-refractivity contribution in [2.45, 2.75) is 13.5 Å². The number of hydrogen-bond acceptors (Lipinski definition) is 5. The third-order valence-corrected chi connectivity index (χ3v) is 3.34. The van der Waals surface area contributed by atoms with Gasteiger partial charge in [0, 0.05) is 10.6 Å². The van der Waals surface area contributed by atoms with E-state index in [-0.39, 0.29) is 5.91 Å². The number of hydrogen-bond donors (Lipinski definition) is 2. The third-order valence-electron chi connectivity index (χ3n) is 2.28. The Balaban J connectivity index is 1.96. The van der Waals surface area contributed by atoms with E-state index in [1.807, 2.05) is 25.1 Å². The molecule has 0 spiro atoms. The molecule has 2 heterocycles. The lowest BCUT2D eigenvalue weighted by Crippen LogP contribution is -2.29. The van der Waals surface area contributed by atoms with Gasteiger partial charge in [-0.15, -0.1) is 11.3 Å². The fourth-order valence-corrected chi connectivity index (χ4v) is 2.17. The summed E-state index contributed by atoms with van der Waals surface area (Å²) in [6.07, 6.45) is 1.68. The van der Waals surface area contributed by atoms with Crippen LogP contribution in [0.4, 0.5) is 0 Å². The van der Waals surface area contributed by atoms with E-state index < -0.39 is 0 Å². The Morgan fingerprint density at radius 2 is 2.28 bits per heavy atom. The molecule has 0 fully saturated rings. The van der Waals surface area contributed by atoms with Gasteiger partial charge in [-0.05, 0) is 31.2 Å². The molecule has 94 valence electrons. The number of nitrogens with zero attached hydrogens (tertiary/aromatic N) is 1. The van der Waals surface area contributed by atoms with E-state index in [2.05, 4.69) is 10.4 Å². The zero-order chi connectivity index (χ0) is 13.0. The van der Waals surface area contributed by atoms with E-state index >= 15 is 0 Å². The van der Waals surface area contributed by atoms with Crippen molar-refractivity contribution in [1.82, 2.24) is 10.4 Å². The van der Waals surface area contributed by atoms with Crippen molar-refractivity contribution in [2.75, 3.05) is 0 Å². The average Bonchev–Trinajstić information content (AvgIpc) is 2.86. The van der Waals surface area contributed by atoms with Gasteiger partial charge in [-0.1, -0.05) is 0 Å². The van der Waals surface area contributed by atoms with Gasteiger partial charge in [0.15, 0.2) is 0 Å². The Bertz CT molecular complexity index is 537. The summed E-state index contributed by atoms with van der Waals surface area (Å²) < 4.78 is 5.56. The number of carbonyl (C=O) groups excluding carboxylic acids is 1. The fourth-order valence-electron chi connectivity index (χ4n) is 1.34. The molecular formula is C12H13N3O2S. The highest BCUT2D eigenvalue weighted by atomic mass is 32.1. The molecule has 0 saturated heterocycles. The lowest BCUT2D eigenvalue weighted by atomic mass is 10.4. The summed E-state index contributed by atoms with van der Waals surface area (Å²) >= 11 is 1.35. The predicted octanol–water partition coefficient (Wildman–Crippen LogP) is 1.63. The van der Waals surface area contributed by atoms with Crippen molar-refractivity contribution in [3.8, 4) is 5.75 Å². The normalized spacial score (nSPS) is 10.1. The van der Waals surface area contributed by atoms with Crippen LogP contribution in [-0.4, -0.2) is 10.9 Å². The molecule has 2 aromatic heterocycles. The van der Waals surface area contributed by atoms with Crippen LogP contribution in [0.1, 0.15) is 20.2 Å². The number of amides is 1. The van der Waals surface area contributed by atoms with Crippen molar-refractivity contribution in [3.05, 3.63) is 45.9 Å².